The molecule has 2 aromatic carbocycles. The quantitative estimate of drug-likeness (QED) is 0.676. The number of ether oxygens (including phenoxy) is 1. The number of fused-ring (bicyclic) bond motifs is 1. The van der Waals surface area contributed by atoms with Crippen molar-refractivity contribution in [3.63, 3.8) is 0 Å². The Kier molecular flexibility index (Phi) is 5.35. The number of nitrogens with one attached hydrogen (secondary N) is 1. The molecule has 0 aliphatic carbocycles. The van der Waals surface area contributed by atoms with E-state index in [1.807, 2.05) is 0 Å². The van der Waals surface area contributed by atoms with Gasteiger partial charge in [0.1, 0.15) is 5.58 Å². The predicted octanol–water partition coefficient (Wildman–Crippen LogP) is 3.67. The number of morpholine rings is 1. The van der Waals surface area contributed by atoms with Crippen LogP contribution in [0.25, 0.3) is 11.0 Å². The maximum absolute atomic E-state index is 12.8. The molecule has 1 aliphatic heterocycles. The minimum Gasteiger partial charge on any atom is -0.451 e. The minimum absolute atomic E-state index is 0.116. The fourth-order valence-corrected chi connectivity index (χ4v) is 4.89. The van der Waals surface area contributed by atoms with Gasteiger partial charge in [-0.1, -0.05) is 17.7 Å². The normalized spacial score (nSPS) is 15.5. The van der Waals surface area contributed by atoms with Gasteiger partial charge in [0.05, 0.1) is 18.1 Å². The molecule has 3 aromatic rings. The lowest BCUT2D eigenvalue weighted by atomic mass is 10.1. The van der Waals surface area contributed by atoms with Crippen LogP contribution >= 0.6 is 11.6 Å². The average molecular weight is 435 g/mol. The Morgan fingerprint density at radius 1 is 1.14 bits per heavy atom. The fraction of sp³-hybridized carbons (Fsp3) is 0.250. The van der Waals surface area contributed by atoms with Gasteiger partial charge in [0, 0.05) is 34.7 Å². The van der Waals surface area contributed by atoms with Gasteiger partial charge in [0.15, 0.2) is 5.76 Å². The first-order chi connectivity index (χ1) is 13.9. The molecular weight excluding hydrogens is 416 g/mol. The Balaban J connectivity index is 1.60. The van der Waals surface area contributed by atoms with Crippen LogP contribution < -0.4 is 5.32 Å². The van der Waals surface area contributed by atoms with Gasteiger partial charge >= 0.3 is 0 Å². The van der Waals surface area contributed by atoms with Crippen LogP contribution in [-0.4, -0.2) is 44.9 Å². The van der Waals surface area contributed by atoms with Crippen molar-refractivity contribution in [1.29, 1.82) is 0 Å². The van der Waals surface area contributed by atoms with Gasteiger partial charge in [-0.25, -0.2) is 8.42 Å². The predicted molar refractivity (Wildman–Crippen MR) is 110 cm³/mol. The number of carbonyl (C=O) groups is 1. The van der Waals surface area contributed by atoms with Gasteiger partial charge in [0.25, 0.3) is 5.91 Å². The van der Waals surface area contributed by atoms with Crippen LogP contribution in [0.3, 0.4) is 0 Å². The second-order valence-corrected chi connectivity index (χ2v) is 9.07. The standard InChI is InChI=1S/C20H19ClN2O5S/c1-13-17-11-14(21)5-6-18(17)28-19(13)20(24)22-15-3-2-4-16(12-15)29(25,26)23-7-9-27-10-8-23/h2-6,11-12H,7-10H2,1H3,(H,22,24). The van der Waals surface area contributed by atoms with Gasteiger partial charge in [0.2, 0.25) is 10.0 Å². The van der Waals surface area contributed by atoms with Gasteiger partial charge in [-0.05, 0) is 43.3 Å². The van der Waals surface area contributed by atoms with Crippen LogP contribution in [-0.2, 0) is 14.8 Å². The molecule has 1 aromatic heterocycles. The molecule has 4 rings (SSSR count). The summed E-state index contributed by atoms with van der Waals surface area (Å²) in [6.07, 6.45) is 0. The van der Waals surface area contributed by atoms with Crippen molar-refractivity contribution in [2.45, 2.75) is 11.8 Å². The molecule has 0 atom stereocenters. The van der Waals surface area contributed by atoms with E-state index in [1.165, 1.54) is 16.4 Å². The van der Waals surface area contributed by atoms with Crippen molar-refractivity contribution in [1.82, 2.24) is 4.31 Å². The van der Waals surface area contributed by atoms with Crippen molar-refractivity contribution in [2.75, 3.05) is 31.6 Å². The van der Waals surface area contributed by atoms with Crippen molar-refractivity contribution < 1.29 is 22.4 Å². The van der Waals surface area contributed by atoms with E-state index in [4.69, 9.17) is 20.8 Å². The van der Waals surface area contributed by atoms with Crippen molar-refractivity contribution in [2.24, 2.45) is 0 Å². The highest BCUT2D eigenvalue weighted by Gasteiger charge is 2.27. The van der Waals surface area contributed by atoms with Gasteiger partial charge in [-0.3, -0.25) is 4.79 Å². The lowest BCUT2D eigenvalue weighted by Gasteiger charge is -2.26. The summed E-state index contributed by atoms with van der Waals surface area (Å²) in [5.74, 6) is -0.306. The first kappa shape index (κ1) is 19.9. The number of furan rings is 1. The Labute approximate surface area is 173 Å². The minimum atomic E-state index is -3.65. The summed E-state index contributed by atoms with van der Waals surface area (Å²) in [6, 6.07) is 11.3. The van der Waals surface area contributed by atoms with Gasteiger partial charge < -0.3 is 14.5 Å². The number of benzene rings is 2. The van der Waals surface area contributed by atoms with E-state index in [-0.39, 0.29) is 10.7 Å². The number of anilines is 1. The second kappa shape index (κ2) is 7.79. The zero-order chi connectivity index (χ0) is 20.6. The molecule has 1 fully saturated rings. The second-order valence-electron chi connectivity index (χ2n) is 6.70. The first-order valence-electron chi connectivity index (χ1n) is 9.04. The van der Waals surface area contributed by atoms with Gasteiger partial charge in [-0.2, -0.15) is 4.31 Å². The molecule has 0 bridgehead atoms. The molecule has 1 aliphatic rings. The first-order valence-corrected chi connectivity index (χ1v) is 10.9. The largest absolute Gasteiger partial charge is 0.451 e. The Hall–Kier alpha value is -2.39. The molecule has 0 radical (unpaired) electrons. The lowest BCUT2D eigenvalue weighted by molar-refractivity contribution is 0.0730. The van der Waals surface area contributed by atoms with Crippen molar-refractivity contribution >= 4 is 44.2 Å². The van der Waals surface area contributed by atoms with Gasteiger partial charge in [-0.15, -0.1) is 0 Å². The maximum Gasteiger partial charge on any atom is 0.291 e. The molecular formula is C20H19ClN2O5S. The number of hydrogen-bond donors (Lipinski definition) is 1. The molecule has 1 amide bonds. The maximum atomic E-state index is 12.8. The molecule has 1 N–H and O–H groups in total. The third kappa shape index (κ3) is 3.89. The SMILES string of the molecule is Cc1c(C(=O)Nc2cccc(S(=O)(=O)N3CCOCC3)c2)oc2ccc(Cl)cc12. The van der Waals surface area contributed by atoms with E-state index >= 15 is 0 Å². The summed E-state index contributed by atoms with van der Waals surface area (Å²) < 4.78 is 37.9. The van der Waals surface area contributed by atoms with Crippen LogP contribution in [0.1, 0.15) is 16.1 Å². The highest BCUT2D eigenvalue weighted by Crippen LogP contribution is 2.29. The van der Waals surface area contributed by atoms with Crippen LogP contribution in [0.4, 0.5) is 5.69 Å². The zero-order valence-corrected chi connectivity index (χ0v) is 17.2. The Morgan fingerprint density at radius 3 is 2.66 bits per heavy atom. The molecule has 0 spiro atoms. The molecule has 0 saturated carbocycles. The number of sulfonamides is 1. The summed E-state index contributed by atoms with van der Waals surface area (Å²) >= 11 is 6.02. The van der Waals surface area contributed by atoms with Crippen molar-refractivity contribution in [3.05, 3.63) is 58.8 Å². The van der Waals surface area contributed by atoms with Crippen LogP contribution in [0.5, 0.6) is 0 Å². The number of halogens is 1. The molecule has 152 valence electrons. The topological polar surface area (TPSA) is 88.9 Å². The van der Waals surface area contributed by atoms with E-state index in [0.717, 1.165) is 5.39 Å². The third-order valence-electron chi connectivity index (χ3n) is 4.80. The van der Waals surface area contributed by atoms with E-state index in [0.29, 0.717) is 48.2 Å². The zero-order valence-electron chi connectivity index (χ0n) is 15.6. The van der Waals surface area contributed by atoms with E-state index < -0.39 is 15.9 Å². The average Bonchev–Trinajstić information content (AvgIpc) is 3.05. The Bertz CT molecular complexity index is 1180. The van der Waals surface area contributed by atoms with E-state index in [2.05, 4.69) is 5.32 Å². The lowest BCUT2D eigenvalue weighted by Crippen LogP contribution is -2.40. The highest BCUT2D eigenvalue weighted by atomic mass is 35.5. The van der Waals surface area contributed by atoms with E-state index in [1.54, 1.807) is 37.3 Å². The monoisotopic (exact) mass is 434 g/mol. The number of hydrogen-bond acceptors (Lipinski definition) is 5. The smallest absolute Gasteiger partial charge is 0.291 e. The van der Waals surface area contributed by atoms with Crippen LogP contribution in [0.15, 0.2) is 51.8 Å². The van der Waals surface area contributed by atoms with E-state index in [9.17, 15) is 13.2 Å². The molecule has 7 nitrogen and oxygen atoms in total. The fourth-order valence-electron chi connectivity index (χ4n) is 3.27. The number of rotatable bonds is 4. The van der Waals surface area contributed by atoms with Crippen molar-refractivity contribution in [3.8, 4) is 0 Å². The molecule has 9 heteroatoms. The summed E-state index contributed by atoms with van der Waals surface area (Å²) in [5, 5.41) is 4.02. The molecule has 29 heavy (non-hydrogen) atoms. The summed E-state index contributed by atoms with van der Waals surface area (Å²) in [7, 11) is -3.65. The number of aryl methyl sites for hydroxylation is 1. The molecule has 1 saturated heterocycles. The summed E-state index contributed by atoms with van der Waals surface area (Å²) in [6.45, 7) is 3.12. The Morgan fingerprint density at radius 2 is 1.90 bits per heavy atom. The summed E-state index contributed by atoms with van der Waals surface area (Å²) in [5.41, 5.74) is 1.58. The number of amides is 1. The molecule has 0 unspecified atom stereocenters. The third-order valence-corrected chi connectivity index (χ3v) is 6.93. The number of carbonyl (C=O) groups excluding carboxylic acids is 1. The summed E-state index contributed by atoms with van der Waals surface area (Å²) in [4.78, 5) is 12.9. The van der Waals surface area contributed by atoms with Crippen LogP contribution in [0, 0.1) is 6.92 Å². The molecule has 2 heterocycles. The van der Waals surface area contributed by atoms with Crippen LogP contribution in [0.2, 0.25) is 5.02 Å². The highest BCUT2D eigenvalue weighted by molar-refractivity contribution is 7.89. The number of nitrogens with zero attached hydrogens (tertiary/aromatic N) is 1.